The van der Waals surface area contributed by atoms with Crippen LogP contribution in [-0.4, -0.2) is 29.9 Å². The van der Waals surface area contributed by atoms with Crippen molar-refractivity contribution >= 4 is 28.9 Å². The van der Waals surface area contributed by atoms with Crippen molar-refractivity contribution in [2.45, 2.75) is 13.5 Å². The predicted octanol–water partition coefficient (Wildman–Crippen LogP) is 5.07. The molecule has 0 unspecified atom stereocenters. The van der Waals surface area contributed by atoms with Gasteiger partial charge in [-0.2, -0.15) is 0 Å². The van der Waals surface area contributed by atoms with Gasteiger partial charge in [0.15, 0.2) is 0 Å². The fourth-order valence-electron chi connectivity index (χ4n) is 2.84. The molecule has 0 saturated carbocycles. The molecule has 28 heavy (non-hydrogen) atoms. The first-order valence-electron chi connectivity index (χ1n) is 8.84. The van der Waals surface area contributed by atoms with E-state index in [2.05, 4.69) is 10.3 Å². The van der Waals surface area contributed by atoms with Crippen LogP contribution >= 0.6 is 11.6 Å². The highest BCUT2D eigenvalue weighted by Crippen LogP contribution is 2.33. The van der Waals surface area contributed by atoms with Gasteiger partial charge in [0, 0.05) is 36.6 Å². The van der Waals surface area contributed by atoms with E-state index in [-0.39, 0.29) is 5.91 Å². The quantitative estimate of drug-likeness (QED) is 0.633. The number of ether oxygens (including phenoxy) is 1. The van der Waals surface area contributed by atoms with Crippen LogP contribution in [0.2, 0.25) is 5.02 Å². The Morgan fingerprint density at radius 1 is 1.18 bits per heavy atom. The van der Waals surface area contributed by atoms with Gasteiger partial charge in [-0.05, 0) is 36.2 Å². The molecule has 3 aromatic rings. The Kier molecular flexibility index (Phi) is 6.16. The highest BCUT2D eigenvalue weighted by molar-refractivity contribution is 6.31. The van der Waals surface area contributed by atoms with Crippen LogP contribution in [0.3, 0.4) is 0 Å². The number of pyridine rings is 1. The number of carbonyl (C=O) groups is 1. The van der Waals surface area contributed by atoms with Gasteiger partial charge in [0.05, 0.1) is 12.8 Å². The number of aromatic nitrogens is 1. The Balaban J connectivity index is 1.79. The number of benzene rings is 2. The molecule has 0 aliphatic heterocycles. The summed E-state index contributed by atoms with van der Waals surface area (Å²) in [6.45, 7) is 2.44. The zero-order valence-corrected chi connectivity index (χ0v) is 16.8. The first kappa shape index (κ1) is 19.7. The zero-order valence-electron chi connectivity index (χ0n) is 16.1. The van der Waals surface area contributed by atoms with Crippen LogP contribution in [0.5, 0.6) is 5.75 Å². The lowest BCUT2D eigenvalue weighted by atomic mass is 10.2. The molecular weight excluding hydrogens is 374 g/mol. The SMILES string of the molecule is COc1cc(Cl)c(C)cc1Nc1ccnc(C(=O)N(C)Cc2ccccc2)c1. The molecule has 0 radical (unpaired) electrons. The van der Waals surface area contributed by atoms with Gasteiger partial charge >= 0.3 is 0 Å². The number of halogens is 1. The van der Waals surface area contributed by atoms with E-state index >= 15 is 0 Å². The molecule has 1 N–H and O–H groups in total. The molecular formula is C22H22ClN3O2. The molecule has 2 aromatic carbocycles. The minimum Gasteiger partial charge on any atom is -0.495 e. The Hall–Kier alpha value is -3.05. The monoisotopic (exact) mass is 395 g/mol. The van der Waals surface area contributed by atoms with Gasteiger partial charge in [0.2, 0.25) is 0 Å². The maximum absolute atomic E-state index is 12.8. The summed E-state index contributed by atoms with van der Waals surface area (Å²) >= 11 is 6.17. The fourth-order valence-corrected chi connectivity index (χ4v) is 2.99. The molecule has 144 valence electrons. The van der Waals surface area contributed by atoms with Crippen LogP contribution in [0.1, 0.15) is 21.6 Å². The number of nitrogens with zero attached hydrogens (tertiary/aromatic N) is 2. The highest BCUT2D eigenvalue weighted by atomic mass is 35.5. The van der Waals surface area contributed by atoms with Crippen molar-refractivity contribution < 1.29 is 9.53 Å². The molecule has 6 heteroatoms. The first-order chi connectivity index (χ1) is 13.5. The third-order valence-corrected chi connectivity index (χ3v) is 4.76. The summed E-state index contributed by atoms with van der Waals surface area (Å²) in [6.07, 6.45) is 1.61. The number of aryl methyl sites for hydroxylation is 1. The number of anilines is 2. The number of amides is 1. The third kappa shape index (κ3) is 4.61. The van der Waals surface area contributed by atoms with Crippen LogP contribution < -0.4 is 10.1 Å². The Labute approximate surface area is 169 Å². The molecule has 0 spiro atoms. The maximum atomic E-state index is 12.8. The Bertz CT molecular complexity index is 977. The normalized spacial score (nSPS) is 10.4. The van der Waals surface area contributed by atoms with E-state index in [9.17, 15) is 4.79 Å². The van der Waals surface area contributed by atoms with Crippen LogP contribution in [-0.2, 0) is 6.54 Å². The lowest BCUT2D eigenvalue weighted by Gasteiger charge is -2.18. The van der Waals surface area contributed by atoms with E-state index < -0.39 is 0 Å². The van der Waals surface area contributed by atoms with Crippen molar-refractivity contribution in [3.63, 3.8) is 0 Å². The van der Waals surface area contributed by atoms with Gasteiger partial charge in [-0.3, -0.25) is 9.78 Å². The molecule has 1 heterocycles. The average molecular weight is 396 g/mol. The van der Waals surface area contributed by atoms with E-state index in [4.69, 9.17) is 16.3 Å². The number of hydrogen-bond acceptors (Lipinski definition) is 4. The zero-order chi connectivity index (χ0) is 20.1. The summed E-state index contributed by atoms with van der Waals surface area (Å²) < 4.78 is 5.40. The summed E-state index contributed by atoms with van der Waals surface area (Å²) in [6, 6.07) is 17.1. The molecule has 0 atom stereocenters. The van der Waals surface area contributed by atoms with Gasteiger partial charge in [-0.1, -0.05) is 41.9 Å². The number of nitrogens with one attached hydrogen (secondary N) is 1. The van der Waals surface area contributed by atoms with Gasteiger partial charge in [0.1, 0.15) is 11.4 Å². The molecule has 1 amide bonds. The molecule has 0 aliphatic carbocycles. The lowest BCUT2D eigenvalue weighted by molar-refractivity contribution is 0.0779. The summed E-state index contributed by atoms with van der Waals surface area (Å²) in [5.41, 5.74) is 3.87. The number of carbonyl (C=O) groups excluding carboxylic acids is 1. The van der Waals surface area contributed by atoms with Gasteiger partial charge < -0.3 is 15.0 Å². The second-order valence-electron chi connectivity index (χ2n) is 6.50. The Morgan fingerprint density at radius 2 is 1.93 bits per heavy atom. The van der Waals surface area contributed by atoms with Crippen LogP contribution in [0, 0.1) is 6.92 Å². The molecule has 3 rings (SSSR count). The van der Waals surface area contributed by atoms with Crippen molar-refractivity contribution in [1.82, 2.24) is 9.88 Å². The van der Waals surface area contributed by atoms with Crippen LogP contribution in [0.15, 0.2) is 60.8 Å². The molecule has 1 aromatic heterocycles. The smallest absolute Gasteiger partial charge is 0.272 e. The topological polar surface area (TPSA) is 54.5 Å². The largest absolute Gasteiger partial charge is 0.495 e. The van der Waals surface area contributed by atoms with Gasteiger partial charge in [-0.25, -0.2) is 0 Å². The molecule has 0 aliphatic rings. The first-order valence-corrected chi connectivity index (χ1v) is 9.22. The average Bonchev–Trinajstić information content (AvgIpc) is 2.71. The van der Waals surface area contributed by atoms with Crippen molar-refractivity contribution in [1.29, 1.82) is 0 Å². The number of hydrogen-bond donors (Lipinski definition) is 1. The summed E-state index contributed by atoms with van der Waals surface area (Å²) in [5, 5.41) is 3.92. The van der Waals surface area contributed by atoms with E-state index in [0.717, 1.165) is 22.5 Å². The molecule has 0 fully saturated rings. The second-order valence-corrected chi connectivity index (χ2v) is 6.91. The highest BCUT2D eigenvalue weighted by Gasteiger charge is 2.15. The van der Waals surface area contributed by atoms with Gasteiger partial charge in [0.25, 0.3) is 5.91 Å². The van der Waals surface area contributed by atoms with E-state index in [0.29, 0.717) is 23.0 Å². The number of methoxy groups -OCH3 is 1. The van der Waals surface area contributed by atoms with Crippen molar-refractivity contribution in [2.24, 2.45) is 0 Å². The van der Waals surface area contributed by atoms with Crippen LogP contribution in [0.25, 0.3) is 0 Å². The number of rotatable bonds is 6. The molecule has 5 nitrogen and oxygen atoms in total. The van der Waals surface area contributed by atoms with Crippen molar-refractivity contribution in [2.75, 3.05) is 19.5 Å². The summed E-state index contributed by atoms with van der Waals surface area (Å²) in [4.78, 5) is 18.7. The van der Waals surface area contributed by atoms with E-state index in [1.54, 1.807) is 43.5 Å². The standard InChI is InChI=1S/C22H22ClN3O2/c1-15-11-19(21(28-3)13-18(15)23)25-17-9-10-24-20(12-17)22(27)26(2)14-16-7-5-4-6-8-16/h4-13H,14H2,1-3H3,(H,24,25). The minimum absolute atomic E-state index is 0.147. The fraction of sp³-hybridized carbons (Fsp3) is 0.182. The maximum Gasteiger partial charge on any atom is 0.272 e. The Morgan fingerprint density at radius 3 is 2.64 bits per heavy atom. The minimum atomic E-state index is -0.147. The van der Waals surface area contributed by atoms with Crippen molar-refractivity contribution in [3.8, 4) is 5.75 Å². The third-order valence-electron chi connectivity index (χ3n) is 4.35. The lowest BCUT2D eigenvalue weighted by Crippen LogP contribution is -2.27. The summed E-state index contributed by atoms with van der Waals surface area (Å²) in [5.74, 6) is 0.480. The van der Waals surface area contributed by atoms with Gasteiger partial charge in [-0.15, -0.1) is 0 Å². The summed E-state index contributed by atoms with van der Waals surface area (Å²) in [7, 11) is 3.36. The van der Waals surface area contributed by atoms with E-state index in [1.807, 2.05) is 43.3 Å². The molecule has 0 saturated heterocycles. The second kappa shape index (κ2) is 8.76. The molecule has 0 bridgehead atoms. The predicted molar refractivity (Wildman–Crippen MR) is 113 cm³/mol. The van der Waals surface area contributed by atoms with E-state index in [1.165, 1.54) is 0 Å². The van der Waals surface area contributed by atoms with Crippen LogP contribution in [0.4, 0.5) is 11.4 Å². The van der Waals surface area contributed by atoms with Crippen molar-refractivity contribution in [3.05, 3.63) is 82.6 Å².